The monoisotopic (exact) mass is 472 g/mol. The Morgan fingerprint density at radius 3 is 2.94 bits per heavy atom. The molecule has 166 valence electrons. The van der Waals surface area contributed by atoms with Gasteiger partial charge in [0.2, 0.25) is 11.7 Å². The molecule has 3 aromatic rings. The number of amidine groups is 1. The number of hydrogen-bond acceptors (Lipinski definition) is 11. The molecule has 0 bridgehead atoms. The van der Waals surface area contributed by atoms with E-state index < -0.39 is 0 Å². The predicted molar refractivity (Wildman–Crippen MR) is 120 cm³/mol. The van der Waals surface area contributed by atoms with Gasteiger partial charge in [0.1, 0.15) is 6.04 Å². The fourth-order valence-corrected chi connectivity index (χ4v) is 5.17. The Balaban J connectivity index is 1.27. The van der Waals surface area contributed by atoms with Crippen LogP contribution in [0.4, 0.5) is 0 Å². The maximum Gasteiger partial charge on any atom is 0.264 e. The van der Waals surface area contributed by atoms with Gasteiger partial charge in [0, 0.05) is 16.9 Å². The summed E-state index contributed by atoms with van der Waals surface area (Å²) < 4.78 is 16.0. The van der Waals surface area contributed by atoms with Gasteiger partial charge in [0.25, 0.3) is 5.91 Å². The molecule has 5 rings (SSSR count). The van der Waals surface area contributed by atoms with Crippen molar-refractivity contribution in [3.8, 4) is 22.9 Å². The number of thiophene rings is 1. The lowest BCUT2D eigenvalue weighted by atomic mass is 10.1. The smallest absolute Gasteiger partial charge is 0.264 e. The molecule has 1 fully saturated rings. The Bertz CT molecular complexity index is 1150. The first-order valence-corrected chi connectivity index (χ1v) is 11.7. The quantitative estimate of drug-likeness (QED) is 0.559. The molecule has 1 saturated heterocycles. The lowest BCUT2D eigenvalue weighted by molar-refractivity contribution is -0.125. The largest absolute Gasteiger partial charge is 0.493 e. The second-order valence-electron chi connectivity index (χ2n) is 7.06. The minimum absolute atomic E-state index is 0.0784. The molecular formula is C20H20N6O4S2. The van der Waals surface area contributed by atoms with Crippen LogP contribution in [0.25, 0.3) is 11.4 Å². The summed E-state index contributed by atoms with van der Waals surface area (Å²) in [5.74, 6) is 2.41. The van der Waals surface area contributed by atoms with Gasteiger partial charge in [-0.25, -0.2) is 10.9 Å². The predicted octanol–water partition coefficient (Wildman–Crippen LogP) is 2.77. The van der Waals surface area contributed by atoms with E-state index in [9.17, 15) is 4.79 Å². The summed E-state index contributed by atoms with van der Waals surface area (Å²) in [7, 11) is 3.16. The number of hydrazone groups is 1. The summed E-state index contributed by atoms with van der Waals surface area (Å²) in [4.78, 5) is 18.0. The molecule has 2 aliphatic rings. The molecule has 1 amide bonds. The standard InChI is InChI=1S/C20H20N6O4S2/c1-28-14-6-5-11(8-15(14)29-2)18-21-17(30-25-18)10-32-20-23-22-19(27)13-9-12(24-26(13)20)16-4-3-7-31-16/h3-8,12-13,24H,9-10H2,1-2H3,(H,22,27). The number of amides is 1. The van der Waals surface area contributed by atoms with Crippen LogP contribution < -0.4 is 20.3 Å². The number of carbonyl (C=O) groups excluding carboxylic acids is 1. The fraction of sp³-hybridized carbons (Fsp3) is 0.300. The van der Waals surface area contributed by atoms with Crippen molar-refractivity contribution in [2.75, 3.05) is 14.2 Å². The van der Waals surface area contributed by atoms with Gasteiger partial charge in [0.15, 0.2) is 16.7 Å². The van der Waals surface area contributed by atoms with E-state index in [-0.39, 0.29) is 18.0 Å². The molecule has 2 aromatic heterocycles. The lowest BCUT2D eigenvalue weighted by Crippen LogP contribution is -2.52. The van der Waals surface area contributed by atoms with Crippen molar-refractivity contribution in [3.05, 3.63) is 46.5 Å². The molecule has 4 heterocycles. The van der Waals surface area contributed by atoms with Gasteiger partial charge in [0.05, 0.1) is 26.0 Å². The maximum atomic E-state index is 12.3. The first kappa shape index (κ1) is 20.8. The lowest BCUT2D eigenvalue weighted by Gasteiger charge is -2.28. The summed E-state index contributed by atoms with van der Waals surface area (Å²) in [6.45, 7) is 0. The Morgan fingerprint density at radius 1 is 1.28 bits per heavy atom. The molecular weight excluding hydrogens is 452 g/mol. The third kappa shape index (κ3) is 3.92. The zero-order chi connectivity index (χ0) is 22.1. The molecule has 0 saturated carbocycles. The van der Waals surface area contributed by atoms with E-state index in [0.717, 1.165) is 5.56 Å². The highest BCUT2D eigenvalue weighted by Gasteiger charge is 2.42. The number of nitrogens with one attached hydrogen (secondary N) is 2. The van der Waals surface area contributed by atoms with Crippen LogP contribution in [-0.2, 0) is 10.5 Å². The van der Waals surface area contributed by atoms with Gasteiger partial charge in [-0.15, -0.1) is 16.4 Å². The zero-order valence-electron chi connectivity index (χ0n) is 17.3. The molecule has 10 nitrogen and oxygen atoms in total. The molecule has 0 aliphatic carbocycles. The van der Waals surface area contributed by atoms with Crippen molar-refractivity contribution in [2.45, 2.75) is 24.3 Å². The van der Waals surface area contributed by atoms with E-state index in [2.05, 4.69) is 32.2 Å². The highest BCUT2D eigenvalue weighted by Crippen LogP contribution is 2.34. The summed E-state index contributed by atoms with van der Waals surface area (Å²) in [6.07, 6.45) is 0.677. The topological polar surface area (TPSA) is 114 Å². The number of nitrogens with zero attached hydrogens (tertiary/aromatic N) is 4. The summed E-state index contributed by atoms with van der Waals surface area (Å²) in [6, 6.07) is 9.27. The van der Waals surface area contributed by atoms with Crippen LogP contribution in [0.2, 0.25) is 0 Å². The Hall–Kier alpha value is -3.09. The van der Waals surface area contributed by atoms with Crippen molar-refractivity contribution in [3.63, 3.8) is 0 Å². The zero-order valence-corrected chi connectivity index (χ0v) is 18.9. The van der Waals surface area contributed by atoms with Crippen LogP contribution >= 0.6 is 23.1 Å². The number of rotatable bonds is 6. The van der Waals surface area contributed by atoms with Gasteiger partial charge in [-0.05, 0) is 29.6 Å². The SMILES string of the molecule is COc1ccc(-c2noc(CSC3=NNC(=O)C4CC(c5cccs5)NN34)n2)cc1OC. The molecule has 32 heavy (non-hydrogen) atoms. The Labute approximate surface area is 191 Å². The molecule has 2 atom stereocenters. The third-order valence-electron chi connectivity index (χ3n) is 5.16. The molecule has 0 spiro atoms. The van der Waals surface area contributed by atoms with Gasteiger partial charge >= 0.3 is 0 Å². The van der Waals surface area contributed by atoms with Crippen LogP contribution in [0.3, 0.4) is 0 Å². The molecule has 1 aromatic carbocycles. The summed E-state index contributed by atoms with van der Waals surface area (Å²) >= 11 is 3.08. The van der Waals surface area contributed by atoms with Gasteiger partial charge in [-0.1, -0.05) is 23.0 Å². The van der Waals surface area contributed by atoms with Crippen LogP contribution in [-0.4, -0.2) is 46.5 Å². The number of aromatic nitrogens is 2. The maximum absolute atomic E-state index is 12.3. The normalized spacial score (nSPS) is 20.0. The average Bonchev–Trinajstić information content (AvgIpc) is 3.58. The number of fused-ring (bicyclic) bond motifs is 1. The van der Waals surface area contributed by atoms with E-state index >= 15 is 0 Å². The number of ether oxygens (including phenoxy) is 2. The average molecular weight is 473 g/mol. The van der Waals surface area contributed by atoms with Gasteiger partial charge < -0.3 is 14.0 Å². The second kappa shape index (κ2) is 8.81. The molecule has 2 N–H and O–H groups in total. The Morgan fingerprint density at radius 2 is 2.16 bits per heavy atom. The second-order valence-corrected chi connectivity index (χ2v) is 8.98. The Kier molecular flexibility index (Phi) is 5.72. The van der Waals surface area contributed by atoms with Crippen LogP contribution in [0, 0.1) is 0 Å². The number of hydrazine groups is 1. The van der Waals surface area contributed by atoms with E-state index in [1.54, 1.807) is 37.7 Å². The number of thioether (sulfide) groups is 1. The molecule has 12 heteroatoms. The van der Waals surface area contributed by atoms with Gasteiger partial charge in [-0.2, -0.15) is 4.98 Å². The van der Waals surface area contributed by atoms with E-state index in [1.165, 1.54) is 16.6 Å². The van der Waals surface area contributed by atoms with Crippen molar-refractivity contribution in [2.24, 2.45) is 5.10 Å². The molecule has 2 aliphatic heterocycles. The van der Waals surface area contributed by atoms with Crippen molar-refractivity contribution in [1.82, 2.24) is 26.0 Å². The molecule has 2 unspecified atom stereocenters. The molecule has 0 radical (unpaired) electrons. The number of methoxy groups -OCH3 is 2. The van der Waals surface area contributed by atoms with Crippen molar-refractivity contribution >= 4 is 34.2 Å². The van der Waals surface area contributed by atoms with Crippen LogP contribution in [0.15, 0.2) is 45.3 Å². The minimum atomic E-state index is -0.313. The number of benzene rings is 1. The first-order valence-electron chi connectivity index (χ1n) is 9.80. The van der Waals surface area contributed by atoms with Crippen LogP contribution in [0.1, 0.15) is 23.2 Å². The number of carbonyl (C=O) groups is 1. The minimum Gasteiger partial charge on any atom is -0.493 e. The highest BCUT2D eigenvalue weighted by molar-refractivity contribution is 8.13. The third-order valence-corrected chi connectivity index (χ3v) is 7.08. The van der Waals surface area contributed by atoms with Crippen molar-refractivity contribution in [1.29, 1.82) is 0 Å². The summed E-state index contributed by atoms with van der Waals surface area (Å²) in [5.41, 5.74) is 6.78. The first-order chi connectivity index (χ1) is 15.7. The van der Waals surface area contributed by atoms with Crippen LogP contribution in [0.5, 0.6) is 11.5 Å². The number of hydrogen-bond donors (Lipinski definition) is 2. The highest BCUT2D eigenvalue weighted by atomic mass is 32.2. The van der Waals surface area contributed by atoms with E-state index in [1.807, 2.05) is 22.5 Å². The van der Waals surface area contributed by atoms with E-state index in [0.29, 0.717) is 40.6 Å². The van der Waals surface area contributed by atoms with E-state index in [4.69, 9.17) is 14.0 Å². The van der Waals surface area contributed by atoms with Gasteiger partial charge in [-0.3, -0.25) is 9.80 Å². The fourth-order valence-electron chi connectivity index (χ4n) is 3.59. The summed E-state index contributed by atoms with van der Waals surface area (Å²) in [5, 5.41) is 12.8. The van der Waals surface area contributed by atoms with Crippen molar-refractivity contribution < 1.29 is 18.8 Å².